The first-order valence-corrected chi connectivity index (χ1v) is 8.86. The number of aryl methyl sites for hydroxylation is 1. The van der Waals surface area contributed by atoms with Gasteiger partial charge in [-0.05, 0) is 18.6 Å². The number of fused-ring (bicyclic) bond motifs is 1. The maximum absolute atomic E-state index is 12.9. The molecule has 1 aliphatic rings. The Bertz CT molecular complexity index is 1020. The van der Waals surface area contributed by atoms with E-state index in [2.05, 4.69) is 25.7 Å². The van der Waals surface area contributed by atoms with E-state index in [1.807, 2.05) is 31.1 Å². The molecule has 0 saturated carbocycles. The fourth-order valence-electron chi connectivity index (χ4n) is 3.15. The molecule has 28 heavy (non-hydrogen) atoms. The van der Waals surface area contributed by atoms with Crippen LogP contribution in [0.15, 0.2) is 36.8 Å². The highest BCUT2D eigenvalue weighted by Gasteiger charge is 2.22. The third kappa shape index (κ3) is 3.78. The van der Waals surface area contributed by atoms with Gasteiger partial charge in [0.1, 0.15) is 5.82 Å². The van der Waals surface area contributed by atoms with Crippen LogP contribution in [0.5, 0.6) is 0 Å². The molecule has 0 spiro atoms. The fraction of sp³-hybridized carbons (Fsp3) is 0.263. The third-order valence-electron chi connectivity index (χ3n) is 4.53. The van der Waals surface area contributed by atoms with Crippen LogP contribution in [-0.4, -0.2) is 39.2 Å². The summed E-state index contributed by atoms with van der Waals surface area (Å²) >= 11 is 0. The Hall–Kier alpha value is -3.49. The lowest BCUT2D eigenvalue weighted by Gasteiger charge is -2.28. The normalized spacial score (nSPS) is 13.2. The van der Waals surface area contributed by atoms with Gasteiger partial charge in [0.15, 0.2) is 0 Å². The molecule has 144 valence electrons. The van der Waals surface area contributed by atoms with E-state index in [1.54, 1.807) is 16.9 Å². The summed E-state index contributed by atoms with van der Waals surface area (Å²) in [5.41, 5.74) is 4.33. The average Bonchev–Trinajstić information content (AvgIpc) is 3.10. The topological polar surface area (TPSA) is 88.0 Å². The van der Waals surface area contributed by atoms with Crippen molar-refractivity contribution in [2.45, 2.75) is 20.0 Å². The SMILES string of the molecule is Cc1nc(NCc2cnn(Cc3ccc(F)nc3)c2)cc2c1NC(=O)CN2C. The van der Waals surface area contributed by atoms with Crippen LogP contribution < -0.4 is 15.5 Å². The number of carbonyl (C=O) groups excluding carboxylic acids is 1. The van der Waals surface area contributed by atoms with Crippen molar-refractivity contribution in [3.05, 3.63) is 59.6 Å². The predicted octanol–water partition coefficient (Wildman–Crippen LogP) is 2.17. The maximum Gasteiger partial charge on any atom is 0.243 e. The van der Waals surface area contributed by atoms with E-state index in [1.165, 1.54) is 12.3 Å². The van der Waals surface area contributed by atoms with Crippen LogP contribution in [0.2, 0.25) is 0 Å². The van der Waals surface area contributed by atoms with Crippen LogP contribution in [0.4, 0.5) is 21.6 Å². The Morgan fingerprint density at radius 1 is 1.29 bits per heavy atom. The Morgan fingerprint density at radius 3 is 2.93 bits per heavy atom. The van der Waals surface area contributed by atoms with Crippen molar-refractivity contribution in [2.75, 3.05) is 29.1 Å². The molecule has 0 unspecified atom stereocenters. The number of pyridine rings is 2. The predicted molar refractivity (Wildman–Crippen MR) is 104 cm³/mol. The van der Waals surface area contributed by atoms with Gasteiger partial charge in [-0.3, -0.25) is 9.48 Å². The highest BCUT2D eigenvalue weighted by atomic mass is 19.1. The lowest BCUT2D eigenvalue weighted by Crippen LogP contribution is -2.36. The van der Waals surface area contributed by atoms with Crippen molar-refractivity contribution in [2.24, 2.45) is 0 Å². The molecule has 3 aromatic heterocycles. The van der Waals surface area contributed by atoms with Gasteiger partial charge in [-0.1, -0.05) is 6.07 Å². The van der Waals surface area contributed by atoms with E-state index in [0.717, 1.165) is 34.0 Å². The lowest BCUT2D eigenvalue weighted by atomic mass is 10.2. The summed E-state index contributed by atoms with van der Waals surface area (Å²) in [6, 6.07) is 4.96. The minimum absolute atomic E-state index is 0.0376. The molecular weight excluding hydrogens is 361 g/mol. The van der Waals surface area contributed by atoms with Gasteiger partial charge in [0, 0.05) is 37.6 Å². The van der Waals surface area contributed by atoms with Crippen LogP contribution in [0, 0.1) is 12.9 Å². The zero-order chi connectivity index (χ0) is 19.7. The zero-order valence-electron chi connectivity index (χ0n) is 15.6. The van der Waals surface area contributed by atoms with E-state index in [-0.39, 0.29) is 5.91 Å². The summed E-state index contributed by atoms with van der Waals surface area (Å²) in [4.78, 5) is 21.8. The largest absolute Gasteiger partial charge is 0.366 e. The van der Waals surface area contributed by atoms with Crippen LogP contribution in [-0.2, 0) is 17.9 Å². The summed E-state index contributed by atoms with van der Waals surface area (Å²) < 4.78 is 14.7. The second kappa shape index (κ2) is 7.26. The molecule has 0 fully saturated rings. The van der Waals surface area contributed by atoms with E-state index >= 15 is 0 Å². The molecule has 4 heterocycles. The maximum atomic E-state index is 12.9. The van der Waals surface area contributed by atoms with Crippen molar-refractivity contribution in [3.8, 4) is 0 Å². The van der Waals surface area contributed by atoms with Crippen LogP contribution in [0.1, 0.15) is 16.8 Å². The van der Waals surface area contributed by atoms with Crippen molar-refractivity contribution in [3.63, 3.8) is 0 Å². The fourth-order valence-corrected chi connectivity index (χ4v) is 3.15. The molecule has 0 aromatic carbocycles. The summed E-state index contributed by atoms with van der Waals surface area (Å²) in [5, 5.41) is 10.5. The number of nitrogens with zero attached hydrogens (tertiary/aromatic N) is 5. The summed E-state index contributed by atoms with van der Waals surface area (Å²) in [6.45, 7) is 3.27. The Labute approximate surface area is 161 Å². The number of halogens is 1. The highest BCUT2D eigenvalue weighted by molar-refractivity contribution is 6.02. The van der Waals surface area contributed by atoms with Gasteiger partial charge in [-0.15, -0.1) is 0 Å². The number of hydrogen-bond acceptors (Lipinski definition) is 6. The molecule has 9 heteroatoms. The van der Waals surface area contributed by atoms with Crippen molar-refractivity contribution >= 4 is 23.1 Å². The summed E-state index contributed by atoms with van der Waals surface area (Å²) in [5.74, 6) is 0.200. The lowest BCUT2D eigenvalue weighted by molar-refractivity contribution is -0.115. The van der Waals surface area contributed by atoms with Crippen LogP contribution >= 0.6 is 0 Å². The quantitative estimate of drug-likeness (QED) is 0.659. The Balaban J connectivity index is 1.43. The van der Waals surface area contributed by atoms with Crippen molar-refractivity contribution in [1.82, 2.24) is 19.7 Å². The number of likely N-dealkylation sites (N-methyl/N-ethyl adjacent to an activating group) is 1. The number of amides is 1. The smallest absolute Gasteiger partial charge is 0.243 e. The minimum Gasteiger partial charge on any atom is -0.366 e. The van der Waals surface area contributed by atoms with E-state index in [4.69, 9.17) is 0 Å². The molecule has 1 amide bonds. The number of anilines is 3. The van der Waals surface area contributed by atoms with Crippen molar-refractivity contribution in [1.29, 1.82) is 0 Å². The number of rotatable bonds is 5. The zero-order valence-corrected chi connectivity index (χ0v) is 15.6. The number of aromatic nitrogens is 4. The molecule has 0 atom stereocenters. The molecule has 3 aromatic rings. The molecule has 0 radical (unpaired) electrons. The number of nitrogens with one attached hydrogen (secondary N) is 2. The van der Waals surface area contributed by atoms with Crippen molar-refractivity contribution < 1.29 is 9.18 Å². The van der Waals surface area contributed by atoms with Gasteiger partial charge in [0.05, 0.1) is 36.4 Å². The molecule has 8 nitrogen and oxygen atoms in total. The molecule has 0 bridgehead atoms. The molecular formula is C19H20FN7O. The average molecular weight is 381 g/mol. The monoisotopic (exact) mass is 381 g/mol. The first kappa shape index (κ1) is 17.9. The van der Waals surface area contributed by atoms with Crippen LogP contribution in [0.25, 0.3) is 0 Å². The van der Waals surface area contributed by atoms with Gasteiger partial charge in [-0.2, -0.15) is 9.49 Å². The van der Waals surface area contributed by atoms with Gasteiger partial charge < -0.3 is 15.5 Å². The van der Waals surface area contributed by atoms with Gasteiger partial charge in [0.25, 0.3) is 0 Å². The second-order valence-electron chi connectivity index (χ2n) is 6.78. The van der Waals surface area contributed by atoms with E-state index in [9.17, 15) is 9.18 Å². The molecule has 2 N–H and O–H groups in total. The molecule has 4 rings (SSSR count). The standard InChI is InChI=1S/C19H20FN7O/c1-12-19-15(26(2)11-18(28)25-19)5-17(24-12)22-7-14-8-23-27(10-14)9-13-3-4-16(20)21-6-13/h3-6,8,10H,7,9,11H2,1-2H3,(H,22,24)(H,25,28). The summed E-state index contributed by atoms with van der Waals surface area (Å²) in [6.07, 6.45) is 5.21. The Kier molecular flexibility index (Phi) is 4.64. The molecule has 0 aliphatic carbocycles. The Morgan fingerprint density at radius 2 is 2.14 bits per heavy atom. The number of carbonyl (C=O) groups is 1. The van der Waals surface area contributed by atoms with Crippen LogP contribution in [0.3, 0.4) is 0 Å². The summed E-state index contributed by atoms with van der Waals surface area (Å²) in [7, 11) is 1.88. The number of hydrogen-bond donors (Lipinski definition) is 2. The van der Waals surface area contributed by atoms with Gasteiger partial charge in [0.2, 0.25) is 11.9 Å². The highest BCUT2D eigenvalue weighted by Crippen LogP contribution is 2.32. The second-order valence-corrected chi connectivity index (χ2v) is 6.78. The third-order valence-corrected chi connectivity index (χ3v) is 4.53. The van der Waals surface area contributed by atoms with Gasteiger partial charge in [-0.25, -0.2) is 9.97 Å². The molecule has 1 aliphatic heterocycles. The van der Waals surface area contributed by atoms with E-state index in [0.29, 0.717) is 19.6 Å². The minimum atomic E-state index is -0.493. The molecule has 0 saturated heterocycles. The first-order chi connectivity index (χ1) is 13.5. The van der Waals surface area contributed by atoms with Gasteiger partial charge >= 0.3 is 0 Å². The van der Waals surface area contributed by atoms with E-state index < -0.39 is 5.95 Å². The first-order valence-electron chi connectivity index (χ1n) is 8.86.